The molecule has 128 valence electrons. The standard InChI is InChI=1S/C17H16Cl2INO3/c1-3-23-11-5-6-15(24-4-2)14(9-11)21-17(22)12-7-10(18)8-13(19)16(12)20/h5-9H,3-4H2,1-2H3,(H,21,22). The van der Waals surface area contributed by atoms with Gasteiger partial charge in [0.15, 0.2) is 0 Å². The molecule has 0 radical (unpaired) electrons. The molecule has 0 atom stereocenters. The highest BCUT2D eigenvalue weighted by Crippen LogP contribution is 2.32. The summed E-state index contributed by atoms with van der Waals surface area (Å²) < 4.78 is 11.7. The monoisotopic (exact) mass is 479 g/mol. The summed E-state index contributed by atoms with van der Waals surface area (Å²) in [7, 11) is 0. The number of benzene rings is 2. The van der Waals surface area contributed by atoms with Gasteiger partial charge in [-0.05, 0) is 60.7 Å². The molecule has 0 aliphatic heterocycles. The van der Waals surface area contributed by atoms with Crippen molar-refractivity contribution in [1.29, 1.82) is 0 Å². The van der Waals surface area contributed by atoms with Crippen LogP contribution >= 0.6 is 45.8 Å². The van der Waals surface area contributed by atoms with Crippen LogP contribution in [0.3, 0.4) is 0 Å². The van der Waals surface area contributed by atoms with Crippen LogP contribution in [0.15, 0.2) is 30.3 Å². The fourth-order valence-electron chi connectivity index (χ4n) is 2.06. The van der Waals surface area contributed by atoms with Crippen molar-refractivity contribution in [2.45, 2.75) is 13.8 Å². The third kappa shape index (κ3) is 4.68. The van der Waals surface area contributed by atoms with E-state index >= 15 is 0 Å². The van der Waals surface area contributed by atoms with E-state index in [-0.39, 0.29) is 5.91 Å². The van der Waals surface area contributed by atoms with Gasteiger partial charge in [0, 0.05) is 14.7 Å². The zero-order valence-corrected chi connectivity index (χ0v) is 16.8. The van der Waals surface area contributed by atoms with Crippen LogP contribution in [0, 0.1) is 3.57 Å². The summed E-state index contributed by atoms with van der Waals surface area (Å²) in [6.07, 6.45) is 0. The molecule has 0 saturated heterocycles. The lowest BCUT2D eigenvalue weighted by atomic mass is 10.2. The highest BCUT2D eigenvalue weighted by atomic mass is 127. The van der Waals surface area contributed by atoms with Crippen molar-refractivity contribution in [2.24, 2.45) is 0 Å². The second-order valence-electron chi connectivity index (χ2n) is 4.73. The van der Waals surface area contributed by atoms with E-state index in [4.69, 9.17) is 32.7 Å². The Morgan fingerprint density at radius 3 is 2.50 bits per heavy atom. The van der Waals surface area contributed by atoms with Crippen molar-refractivity contribution in [3.63, 3.8) is 0 Å². The van der Waals surface area contributed by atoms with Crippen LogP contribution in [0.4, 0.5) is 5.69 Å². The number of carbonyl (C=O) groups is 1. The minimum atomic E-state index is -0.321. The molecule has 7 heteroatoms. The molecule has 2 aromatic rings. The number of hydrogen-bond acceptors (Lipinski definition) is 3. The fourth-order valence-corrected chi connectivity index (χ4v) is 3.11. The normalized spacial score (nSPS) is 10.4. The van der Waals surface area contributed by atoms with Gasteiger partial charge in [-0.1, -0.05) is 23.2 Å². The number of halogens is 3. The van der Waals surface area contributed by atoms with Gasteiger partial charge in [0.2, 0.25) is 0 Å². The van der Waals surface area contributed by atoms with Crippen LogP contribution < -0.4 is 14.8 Å². The number of carbonyl (C=O) groups excluding carboxylic acids is 1. The van der Waals surface area contributed by atoms with Crippen molar-refractivity contribution < 1.29 is 14.3 Å². The summed E-state index contributed by atoms with van der Waals surface area (Å²) in [6.45, 7) is 4.79. The topological polar surface area (TPSA) is 47.6 Å². The Kier molecular flexibility index (Phi) is 7.01. The van der Waals surface area contributed by atoms with E-state index in [1.807, 2.05) is 36.4 Å². The molecule has 1 N–H and O–H groups in total. The lowest BCUT2D eigenvalue weighted by molar-refractivity contribution is 0.102. The van der Waals surface area contributed by atoms with Crippen LogP contribution in [0.2, 0.25) is 10.0 Å². The van der Waals surface area contributed by atoms with E-state index in [0.717, 1.165) is 0 Å². The Hall–Kier alpha value is -1.18. The van der Waals surface area contributed by atoms with Crippen LogP contribution in [-0.2, 0) is 0 Å². The average Bonchev–Trinajstić information content (AvgIpc) is 2.53. The zero-order valence-electron chi connectivity index (χ0n) is 13.2. The number of rotatable bonds is 6. The van der Waals surface area contributed by atoms with Gasteiger partial charge in [0.05, 0.1) is 29.5 Å². The SMILES string of the molecule is CCOc1ccc(OCC)c(NC(=O)c2cc(Cl)cc(Cl)c2I)c1. The third-order valence-corrected chi connectivity index (χ3v) is 5.05. The molecule has 4 nitrogen and oxygen atoms in total. The van der Waals surface area contributed by atoms with Crippen molar-refractivity contribution in [2.75, 3.05) is 18.5 Å². The van der Waals surface area contributed by atoms with Crippen LogP contribution in [0.1, 0.15) is 24.2 Å². The van der Waals surface area contributed by atoms with Gasteiger partial charge >= 0.3 is 0 Å². The molecule has 0 aliphatic carbocycles. The van der Waals surface area contributed by atoms with E-state index in [0.29, 0.717) is 49.6 Å². The lowest BCUT2D eigenvalue weighted by Crippen LogP contribution is -2.15. The molecule has 0 fully saturated rings. The van der Waals surface area contributed by atoms with E-state index in [2.05, 4.69) is 5.32 Å². The molecule has 0 saturated carbocycles. The Bertz CT molecular complexity index is 753. The largest absolute Gasteiger partial charge is 0.494 e. The third-order valence-electron chi connectivity index (χ3n) is 3.05. The molecule has 0 unspecified atom stereocenters. The molecule has 0 aromatic heterocycles. The Morgan fingerprint density at radius 1 is 1.12 bits per heavy atom. The quantitative estimate of drug-likeness (QED) is 0.430. The predicted octanol–water partition coefficient (Wildman–Crippen LogP) is 5.65. The second kappa shape index (κ2) is 8.78. The van der Waals surface area contributed by atoms with Gasteiger partial charge in [0.1, 0.15) is 11.5 Å². The summed E-state index contributed by atoms with van der Waals surface area (Å²) in [6, 6.07) is 8.47. The minimum absolute atomic E-state index is 0.321. The Balaban J connectivity index is 2.35. The van der Waals surface area contributed by atoms with Crippen LogP contribution in [-0.4, -0.2) is 19.1 Å². The van der Waals surface area contributed by atoms with Crippen LogP contribution in [0.5, 0.6) is 11.5 Å². The highest BCUT2D eigenvalue weighted by molar-refractivity contribution is 14.1. The molecule has 1 amide bonds. The maximum atomic E-state index is 12.6. The van der Waals surface area contributed by atoms with Gasteiger partial charge < -0.3 is 14.8 Å². The van der Waals surface area contributed by atoms with E-state index < -0.39 is 0 Å². The van der Waals surface area contributed by atoms with E-state index in [9.17, 15) is 4.79 Å². The molecule has 2 rings (SSSR count). The summed E-state index contributed by atoms with van der Waals surface area (Å²) >= 11 is 14.1. The maximum absolute atomic E-state index is 12.6. The number of ether oxygens (including phenoxy) is 2. The average molecular weight is 480 g/mol. The molecular weight excluding hydrogens is 464 g/mol. The van der Waals surface area contributed by atoms with Crippen molar-refractivity contribution >= 4 is 57.4 Å². The Labute approximate surface area is 164 Å². The van der Waals surface area contributed by atoms with Crippen molar-refractivity contribution in [3.8, 4) is 11.5 Å². The molecule has 2 aromatic carbocycles. The molecule has 0 heterocycles. The Morgan fingerprint density at radius 2 is 1.83 bits per heavy atom. The first-order chi connectivity index (χ1) is 11.5. The van der Waals surface area contributed by atoms with Crippen molar-refractivity contribution in [3.05, 3.63) is 49.5 Å². The van der Waals surface area contributed by atoms with Gasteiger partial charge in [-0.25, -0.2) is 0 Å². The first kappa shape index (κ1) is 19.1. The van der Waals surface area contributed by atoms with Crippen molar-refractivity contribution in [1.82, 2.24) is 0 Å². The van der Waals surface area contributed by atoms with Gasteiger partial charge in [-0.3, -0.25) is 4.79 Å². The molecule has 0 bridgehead atoms. The van der Waals surface area contributed by atoms with Crippen LogP contribution in [0.25, 0.3) is 0 Å². The summed E-state index contributed by atoms with van der Waals surface area (Å²) in [4.78, 5) is 12.6. The fraction of sp³-hybridized carbons (Fsp3) is 0.235. The first-order valence-electron chi connectivity index (χ1n) is 7.31. The maximum Gasteiger partial charge on any atom is 0.256 e. The number of nitrogens with one attached hydrogen (secondary N) is 1. The lowest BCUT2D eigenvalue weighted by Gasteiger charge is -2.14. The van der Waals surface area contributed by atoms with E-state index in [1.165, 1.54) is 0 Å². The summed E-state index contributed by atoms with van der Waals surface area (Å²) in [5.74, 6) is 0.894. The highest BCUT2D eigenvalue weighted by Gasteiger charge is 2.16. The number of amides is 1. The van der Waals surface area contributed by atoms with Gasteiger partial charge in [-0.15, -0.1) is 0 Å². The number of anilines is 1. The smallest absolute Gasteiger partial charge is 0.256 e. The number of hydrogen-bond donors (Lipinski definition) is 1. The minimum Gasteiger partial charge on any atom is -0.494 e. The predicted molar refractivity (Wildman–Crippen MR) is 106 cm³/mol. The van der Waals surface area contributed by atoms with Gasteiger partial charge in [-0.2, -0.15) is 0 Å². The molecular formula is C17H16Cl2INO3. The van der Waals surface area contributed by atoms with Gasteiger partial charge in [0.25, 0.3) is 5.91 Å². The van der Waals surface area contributed by atoms with E-state index in [1.54, 1.807) is 30.3 Å². The molecule has 0 aliphatic rings. The second-order valence-corrected chi connectivity index (χ2v) is 6.65. The zero-order chi connectivity index (χ0) is 17.7. The molecule has 0 spiro atoms. The first-order valence-corrected chi connectivity index (χ1v) is 9.15. The summed E-state index contributed by atoms with van der Waals surface area (Å²) in [5, 5.41) is 3.67. The molecule has 24 heavy (non-hydrogen) atoms. The summed E-state index contributed by atoms with van der Waals surface area (Å²) in [5.41, 5.74) is 0.928.